The molecule has 1 fully saturated rings. The fraction of sp³-hybridized carbons (Fsp3) is 0.471. The molecular weight excluding hydrogens is 340 g/mol. The molecule has 8 heteroatoms. The lowest BCUT2D eigenvalue weighted by atomic mass is 10.2. The minimum Gasteiger partial charge on any atom is -0.497 e. The topological polar surface area (TPSA) is 69.5 Å². The number of aromatic nitrogens is 3. The Hall–Kier alpha value is -2.06. The average molecular weight is 362 g/mol. The third-order valence-electron chi connectivity index (χ3n) is 4.14. The monoisotopic (exact) mass is 362 g/mol. The summed E-state index contributed by atoms with van der Waals surface area (Å²) in [5.74, 6) is 1.67. The van der Waals surface area contributed by atoms with Crippen LogP contribution in [0, 0.1) is 0 Å². The fourth-order valence-corrected chi connectivity index (χ4v) is 3.56. The quantitative estimate of drug-likeness (QED) is 0.756. The molecule has 1 aliphatic heterocycles. The zero-order valence-electron chi connectivity index (χ0n) is 14.6. The number of thioether (sulfide) groups is 1. The first kappa shape index (κ1) is 17.8. The second-order valence-corrected chi connectivity index (χ2v) is 7.10. The number of hydrogen-bond donors (Lipinski definition) is 0. The minimum absolute atomic E-state index is 0.113. The van der Waals surface area contributed by atoms with Gasteiger partial charge in [0.25, 0.3) is 0 Å². The molecule has 3 rings (SSSR count). The molecule has 1 aromatic carbocycles. The molecular formula is C17H22N4O3S. The maximum Gasteiger partial charge on any atom is 0.236 e. The number of amides is 1. The van der Waals surface area contributed by atoms with Crippen LogP contribution in [0.15, 0.2) is 29.4 Å². The van der Waals surface area contributed by atoms with Crippen molar-refractivity contribution < 1.29 is 14.3 Å². The van der Waals surface area contributed by atoms with Gasteiger partial charge in [0.05, 0.1) is 25.6 Å². The molecule has 25 heavy (non-hydrogen) atoms. The van der Waals surface area contributed by atoms with Crippen LogP contribution in [0.4, 0.5) is 0 Å². The van der Waals surface area contributed by atoms with Gasteiger partial charge in [-0.1, -0.05) is 11.8 Å². The zero-order chi connectivity index (χ0) is 17.8. The van der Waals surface area contributed by atoms with Crippen molar-refractivity contribution in [2.24, 2.45) is 7.05 Å². The summed E-state index contributed by atoms with van der Waals surface area (Å²) in [6.45, 7) is 4.42. The van der Waals surface area contributed by atoms with Crippen LogP contribution in [0.5, 0.6) is 5.75 Å². The van der Waals surface area contributed by atoms with Gasteiger partial charge in [0, 0.05) is 25.7 Å². The summed E-state index contributed by atoms with van der Waals surface area (Å²) in [4.78, 5) is 14.4. The Balaban J connectivity index is 1.70. The SMILES string of the molecule is COc1ccc(-c2nnc(SC(C)C(=O)N3CCOCC3)n2C)cc1. The highest BCUT2D eigenvalue weighted by Crippen LogP contribution is 2.27. The van der Waals surface area contributed by atoms with Gasteiger partial charge in [-0.25, -0.2) is 0 Å². The van der Waals surface area contributed by atoms with E-state index in [-0.39, 0.29) is 11.2 Å². The summed E-state index contributed by atoms with van der Waals surface area (Å²) in [6, 6.07) is 7.67. The molecule has 2 aromatic rings. The number of methoxy groups -OCH3 is 1. The van der Waals surface area contributed by atoms with E-state index in [9.17, 15) is 4.79 Å². The van der Waals surface area contributed by atoms with Gasteiger partial charge in [-0.3, -0.25) is 4.79 Å². The van der Waals surface area contributed by atoms with E-state index in [4.69, 9.17) is 9.47 Å². The van der Waals surface area contributed by atoms with Gasteiger partial charge in [-0.05, 0) is 31.2 Å². The Kier molecular flexibility index (Phi) is 5.60. The Morgan fingerprint density at radius 1 is 1.24 bits per heavy atom. The summed E-state index contributed by atoms with van der Waals surface area (Å²) in [6.07, 6.45) is 0. The van der Waals surface area contributed by atoms with Crippen molar-refractivity contribution in [1.29, 1.82) is 0 Å². The van der Waals surface area contributed by atoms with Gasteiger partial charge in [-0.2, -0.15) is 0 Å². The van der Waals surface area contributed by atoms with Gasteiger partial charge in [0.15, 0.2) is 11.0 Å². The van der Waals surface area contributed by atoms with E-state index in [2.05, 4.69) is 10.2 Å². The van der Waals surface area contributed by atoms with Crippen LogP contribution >= 0.6 is 11.8 Å². The molecule has 1 aromatic heterocycles. The van der Waals surface area contributed by atoms with Crippen LogP contribution in [0.2, 0.25) is 0 Å². The highest BCUT2D eigenvalue weighted by molar-refractivity contribution is 8.00. The van der Waals surface area contributed by atoms with Gasteiger partial charge in [0.1, 0.15) is 5.75 Å². The third-order valence-corrected chi connectivity index (χ3v) is 5.26. The van der Waals surface area contributed by atoms with Crippen LogP contribution in [0.1, 0.15) is 6.92 Å². The molecule has 1 aliphatic rings. The molecule has 0 bridgehead atoms. The maximum absolute atomic E-state index is 12.5. The predicted octanol–water partition coefficient (Wildman–Crippen LogP) is 1.83. The van der Waals surface area contributed by atoms with Crippen molar-refractivity contribution in [3.63, 3.8) is 0 Å². The Bertz CT molecular complexity index is 726. The predicted molar refractivity (Wildman–Crippen MR) is 95.7 cm³/mol. The first-order chi connectivity index (χ1) is 12.1. The molecule has 1 unspecified atom stereocenters. The normalized spacial score (nSPS) is 15.9. The second-order valence-electron chi connectivity index (χ2n) is 5.79. The highest BCUT2D eigenvalue weighted by Gasteiger charge is 2.25. The lowest BCUT2D eigenvalue weighted by Crippen LogP contribution is -2.44. The number of rotatable bonds is 5. The van der Waals surface area contributed by atoms with Crippen LogP contribution in [0.25, 0.3) is 11.4 Å². The van der Waals surface area contributed by atoms with E-state index in [1.165, 1.54) is 11.8 Å². The number of carbonyl (C=O) groups is 1. The van der Waals surface area contributed by atoms with Gasteiger partial charge < -0.3 is 18.9 Å². The fourth-order valence-electron chi connectivity index (χ4n) is 2.66. The van der Waals surface area contributed by atoms with Gasteiger partial charge >= 0.3 is 0 Å². The van der Waals surface area contributed by atoms with E-state index in [1.807, 2.05) is 47.7 Å². The number of morpholine rings is 1. The van der Waals surface area contributed by atoms with Crippen molar-refractivity contribution in [3.8, 4) is 17.1 Å². The molecule has 0 saturated carbocycles. The van der Waals surface area contributed by atoms with Gasteiger partial charge in [-0.15, -0.1) is 10.2 Å². The summed E-state index contributed by atoms with van der Waals surface area (Å²) >= 11 is 1.43. The first-order valence-electron chi connectivity index (χ1n) is 8.17. The number of hydrogen-bond acceptors (Lipinski definition) is 6. The van der Waals surface area contributed by atoms with Crippen molar-refractivity contribution >= 4 is 17.7 Å². The zero-order valence-corrected chi connectivity index (χ0v) is 15.5. The summed E-state index contributed by atoms with van der Waals surface area (Å²) in [5, 5.41) is 9.03. The molecule has 134 valence electrons. The first-order valence-corrected chi connectivity index (χ1v) is 9.05. The van der Waals surface area contributed by atoms with E-state index in [0.29, 0.717) is 26.3 Å². The van der Waals surface area contributed by atoms with Crippen molar-refractivity contribution in [2.45, 2.75) is 17.3 Å². The molecule has 0 radical (unpaired) electrons. The maximum atomic E-state index is 12.5. The number of ether oxygens (including phenoxy) is 2. The van der Waals surface area contributed by atoms with Crippen LogP contribution in [-0.2, 0) is 16.6 Å². The Morgan fingerprint density at radius 3 is 2.56 bits per heavy atom. The molecule has 7 nitrogen and oxygen atoms in total. The molecule has 2 heterocycles. The Labute approximate surface area is 151 Å². The number of benzene rings is 1. The number of carbonyl (C=O) groups excluding carboxylic acids is 1. The molecule has 1 amide bonds. The standard InChI is InChI=1S/C17H22N4O3S/c1-12(16(22)21-8-10-24-11-9-21)25-17-19-18-15(20(17)2)13-4-6-14(23-3)7-5-13/h4-7,12H,8-11H2,1-3H3. The molecule has 0 spiro atoms. The summed E-state index contributed by atoms with van der Waals surface area (Å²) < 4.78 is 12.4. The Morgan fingerprint density at radius 2 is 1.92 bits per heavy atom. The third kappa shape index (κ3) is 3.96. The van der Waals surface area contributed by atoms with E-state index in [0.717, 1.165) is 22.3 Å². The number of nitrogens with zero attached hydrogens (tertiary/aromatic N) is 4. The molecule has 1 saturated heterocycles. The van der Waals surface area contributed by atoms with Crippen LogP contribution in [0.3, 0.4) is 0 Å². The molecule has 0 aliphatic carbocycles. The minimum atomic E-state index is -0.218. The summed E-state index contributed by atoms with van der Waals surface area (Å²) in [7, 11) is 3.55. The van der Waals surface area contributed by atoms with Crippen LogP contribution in [-0.4, -0.2) is 64.2 Å². The van der Waals surface area contributed by atoms with Gasteiger partial charge in [0.2, 0.25) is 5.91 Å². The van der Waals surface area contributed by atoms with E-state index in [1.54, 1.807) is 7.11 Å². The molecule has 1 atom stereocenters. The van der Waals surface area contributed by atoms with E-state index >= 15 is 0 Å². The largest absolute Gasteiger partial charge is 0.497 e. The highest BCUT2D eigenvalue weighted by atomic mass is 32.2. The van der Waals surface area contributed by atoms with E-state index < -0.39 is 0 Å². The van der Waals surface area contributed by atoms with Crippen molar-refractivity contribution in [1.82, 2.24) is 19.7 Å². The second kappa shape index (κ2) is 7.88. The van der Waals surface area contributed by atoms with Crippen molar-refractivity contribution in [3.05, 3.63) is 24.3 Å². The average Bonchev–Trinajstić information content (AvgIpc) is 3.02. The lowest BCUT2D eigenvalue weighted by molar-refractivity contribution is -0.134. The lowest BCUT2D eigenvalue weighted by Gasteiger charge is -2.28. The smallest absolute Gasteiger partial charge is 0.236 e. The summed E-state index contributed by atoms with van der Waals surface area (Å²) in [5.41, 5.74) is 0.954. The van der Waals surface area contributed by atoms with Crippen LogP contribution < -0.4 is 4.74 Å². The van der Waals surface area contributed by atoms with Crippen molar-refractivity contribution in [2.75, 3.05) is 33.4 Å². The molecule has 0 N–H and O–H groups in total.